The molecule has 0 bridgehead atoms. The highest BCUT2D eigenvalue weighted by Crippen LogP contribution is 2.42. The van der Waals surface area contributed by atoms with Gasteiger partial charge in [-0.2, -0.15) is 0 Å². The highest BCUT2D eigenvalue weighted by molar-refractivity contribution is 7.07. The van der Waals surface area contributed by atoms with Gasteiger partial charge in [-0.25, -0.2) is 4.98 Å². The molecule has 4 rings (SSSR count). The molecule has 0 spiro atoms. The molecule has 0 N–H and O–H groups in total. The van der Waals surface area contributed by atoms with Gasteiger partial charge in [-0.05, 0) is 24.3 Å². The average molecular weight is 356 g/mol. The molecule has 2 aromatic carbocycles. The summed E-state index contributed by atoms with van der Waals surface area (Å²) in [7, 11) is 1.97. The molecule has 6 heteroatoms. The van der Waals surface area contributed by atoms with Crippen LogP contribution in [0.15, 0.2) is 59.4 Å². The van der Waals surface area contributed by atoms with E-state index in [2.05, 4.69) is 9.88 Å². The molecule has 3 aromatic rings. The molecule has 1 unspecified atom stereocenters. The lowest BCUT2D eigenvalue weighted by Crippen LogP contribution is -2.48. The summed E-state index contributed by atoms with van der Waals surface area (Å²) in [6.45, 7) is 0. The first-order valence-electron chi connectivity index (χ1n) is 7.46. The Labute approximate surface area is 148 Å². The molecule has 1 atom stereocenters. The van der Waals surface area contributed by atoms with E-state index in [-0.39, 0.29) is 12.1 Å². The molecule has 4 nitrogen and oxygen atoms in total. The molecule has 0 saturated carbocycles. The molecule has 0 radical (unpaired) electrons. The second-order valence-electron chi connectivity index (χ2n) is 5.54. The van der Waals surface area contributed by atoms with Gasteiger partial charge in [0.15, 0.2) is 6.17 Å². The van der Waals surface area contributed by atoms with E-state index in [4.69, 9.17) is 11.6 Å². The summed E-state index contributed by atoms with van der Waals surface area (Å²) in [5.74, 6) is -0.0743. The molecule has 2 heterocycles. The number of anilines is 2. The van der Waals surface area contributed by atoms with E-state index in [0.29, 0.717) is 16.3 Å². The summed E-state index contributed by atoms with van der Waals surface area (Å²) in [5, 5.41) is 2.51. The third kappa shape index (κ3) is 2.28. The van der Waals surface area contributed by atoms with Crippen molar-refractivity contribution < 1.29 is 4.79 Å². The lowest BCUT2D eigenvalue weighted by molar-refractivity contribution is 0.0969. The maximum absolute atomic E-state index is 13.2. The maximum Gasteiger partial charge on any atom is 0.262 e. The Morgan fingerprint density at radius 3 is 2.50 bits per heavy atom. The molecular weight excluding hydrogens is 342 g/mol. The van der Waals surface area contributed by atoms with Crippen molar-refractivity contribution in [1.82, 2.24) is 4.98 Å². The Kier molecular flexibility index (Phi) is 3.75. The number of amides is 1. The second-order valence-corrected chi connectivity index (χ2v) is 6.67. The minimum absolute atomic E-state index is 0.0743. The van der Waals surface area contributed by atoms with E-state index in [0.717, 1.165) is 11.4 Å². The van der Waals surface area contributed by atoms with Crippen LogP contribution in [-0.2, 0) is 0 Å². The van der Waals surface area contributed by atoms with Crippen LogP contribution in [0.1, 0.15) is 22.2 Å². The summed E-state index contributed by atoms with van der Waals surface area (Å²) >= 11 is 7.90. The van der Waals surface area contributed by atoms with Gasteiger partial charge in [0.25, 0.3) is 5.91 Å². The first-order chi connectivity index (χ1) is 11.7. The van der Waals surface area contributed by atoms with Crippen molar-refractivity contribution >= 4 is 40.2 Å². The van der Waals surface area contributed by atoms with Gasteiger partial charge in [-0.15, -0.1) is 11.3 Å². The fraction of sp³-hybridized carbons (Fsp3) is 0.111. The van der Waals surface area contributed by atoms with Crippen molar-refractivity contribution in [2.45, 2.75) is 6.17 Å². The maximum atomic E-state index is 13.2. The van der Waals surface area contributed by atoms with Crippen molar-refractivity contribution in [2.75, 3.05) is 16.8 Å². The van der Waals surface area contributed by atoms with Crippen molar-refractivity contribution in [3.05, 3.63) is 75.7 Å². The number of halogens is 1. The summed E-state index contributed by atoms with van der Waals surface area (Å²) in [4.78, 5) is 21.5. The number of thiazole rings is 1. The molecular formula is C18H14ClN3OS. The fourth-order valence-corrected chi connectivity index (χ4v) is 3.87. The van der Waals surface area contributed by atoms with E-state index in [9.17, 15) is 4.79 Å². The molecule has 1 aliphatic rings. The van der Waals surface area contributed by atoms with Crippen LogP contribution in [0, 0.1) is 0 Å². The first-order valence-corrected chi connectivity index (χ1v) is 8.78. The van der Waals surface area contributed by atoms with Crippen molar-refractivity contribution in [2.24, 2.45) is 0 Å². The Hall–Kier alpha value is -2.37. The zero-order valence-electron chi connectivity index (χ0n) is 12.9. The van der Waals surface area contributed by atoms with Crippen LogP contribution >= 0.6 is 22.9 Å². The number of carbonyl (C=O) groups is 1. The minimum Gasteiger partial charge on any atom is -0.348 e. The largest absolute Gasteiger partial charge is 0.348 e. The molecule has 0 saturated heterocycles. The predicted molar refractivity (Wildman–Crippen MR) is 98.0 cm³/mol. The molecule has 120 valence electrons. The minimum atomic E-state index is -0.335. The van der Waals surface area contributed by atoms with Gasteiger partial charge in [0.05, 0.1) is 33.2 Å². The standard InChI is InChI=1S/C18H14ClN3OS/c1-21-15-8-4-2-6-12(15)18(23)22(16-9-5-3-7-13(16)19)17(21)14-10-24-11-20-14/h2-11,17H,1H3. The number of rotatable bonds is 2. The predicted octanol–water partition coefficient (Wildman–Crippen LogP) is 4.59. The smallest absolute Gasteiger partial charge is 0.262 e. The molecule has 24 heavy (non-hydrogen) atoms. The van der Waals surface area contributed by atoms with Crippen LogP contribution < -0.4 is 9.80 Å². The molecule has 0 aliphatic carbocycles. The van der Waals surface area contributed by atoms with Crippen LogP contribution in [0.2, 0.25) is 5.02 Å². The number of benzene rings is 2. The van der Waals surface area contributed by atoms with Gasteiger partial charge in [-0.1, -0.05) is 35.9 Å². The van der Waals surface area contributed by atoms with Gasteiger partial charge < -0.3 is 4.90 Å². The average Bonchev–Trinajstić information content (AvgIpc) is 3.13. The van der Waals surface area contributed by atoms with E-state index in [1.807, 2.05) is 54.9 Å². The highest BCUT2D eigenvalue weighted by Gasteiger charge is 2.39. The van der Waals surface area contributed by atoms with Crippen molar-refractivity contribution in [3.8, 4) is 0 Å². The summed E-state index contributed by atoms with van der Waals surface area (Å²) < 4.78 is 0. The molecule has 1 aliphatic heterocycles. The Bertz CT molecular complexity index is 897. The number of nitrogens with zero attached hydrogens (tertiary/aromatic N) is 3. The quantitative estimate of drug-likeness (QED) is 0.674. The van der Waals surface area contributed by atoms with E-state index >= 15 is 0 Å². The Morgan fingerprint density at radius 1 is 1.08 bits per heavy atom. The number of carbonyl (C=O) groups excluding carboxylic acids is 1. The van der Waals surface area contributed by atoms with Crippen LogP contribution in [0.5, 0.6) is 0 Å². The van der Waals surface area contributed by atoms with Crippen molar-refractivity contribution in [3.63, 3.8) is 0 Å². The van der Waals surface area contributed by atoms with Crippen LogP contribution in [-0.4, -0.2) is 17.9 Å². The lowest BCUT2D eigenvalue weighted by Gasteiger charge is -2.43. The molecule has 1 amide bonds. The van der Waals surface area contributed by atoms with E-state index in [1.54, 1.807) is 16.5 Å². The summed E-state index contributed by atoms with van der Waals surface area (Å²) in [6, 6.07) is 15.0. The van der Waals surface area contributed by atoms with Crippen LogP contribution in [0.4, 0.5) is 11.4 Å². The van der Waals surface area contributed by atoms with Crippen LogP contribution in [0.25, 0.3) is 0 Å². The van der Waals surface area contributed by atoms with Gasteiger partial charge in [0, 0.05) is 12.4 Å². The van der Waals surface area contributed by atoms with Crippen LogP contribution in [0.3, 0.4) is 0 Å². The monoisotopic (exact) mass is 355 g/mol. The van der Waals surface area contributed by atoms with E-state index in [1.165, 1.54) is 11.3 Å². The van der Waals surface area contributed by atoms with Gasteiger partial charge in [0.1, 0.15) is 0 Å². The topological polar surface area (TPSA) is 36.4 Å². The third-order valence-electron chi connectivity index (χ3n) is 4.17. The number of hydrogen-bond donors (Lipinski definition) is 0. The summed E-state index contributed by atoms with van der Waals surface area (Å²) in [5.41, 5.74) is 4.84. The first kappa shape index (κ1) is 15.2. The second kappa shape index (κ2) is 5.92. The Balaban J connectivity index is 1.95. The highest BCUT2D eigenvalue weighted by atomic mass is 35.5. The van der Waals surface area contributed by atoms with Crippen molar-refractivity contribution in [1.29, 1.82) is 0 Å². The zero-order chi connectivity index (χ0) is 16.7. The SMILES string of the molecule is CN1c2ccccc2C(=O)N(c2ccccc2Cl)C1c1cscn1. The Morgan fingerprint density at radius 2 is 1.79 bits per heavy atom. The third-order valence-corrected chi connectivity index (χ3v) is 5.10. The normalized spacial score (nSPS) is 17.1. The fourth-order valence-electron chi connectivity index (χ4n) is 3.08. The van der Waals surface area contributed by atoms with E-state index < -0.39 is 0 Å². The van der Waals surface area contributed by atoms with Gasteiger partial charge >= 0.3 is 0 Å². The number of para-hydroxylation sites is 2. The lowest BCUT2D eigenvalue weighted by atomic mass is 10.0. The zero-order valence-corrected chi connectivity index (χ0v) is 14.5. The molecule has 0 fully saturated rings. The van der Waals surface area contributed by atoms with Gasteiger partial charge in [-0.3, -0.25) is 9.69 Å². The summed E-state index contributed by atoms with van der Waals surface area (Å²) in [6.07, 6.45) is -0.335. The number of hydrogen-bond acceptors (Lipinski definition) is 4. The number of aromatic nitrogens is 1. The molecule has 1 aromatic heterocycles. The number of fused-ring (bicyclic) bond motifs is 1. The van der Waals surface area contributed by atoms with Gasteiger partial charge in [0.2, 0.25) is 0 Å².